The molecule has 0 bridgehead atoms. The van der Waals surface area contributed by atoms with Crippen molar-refractivity contribution in [2.45, 2.75) is 31.5 Å². The lowest BCUT2D eigenvalue weighted by atomic mass is 10.0. The summed E-state index contributed by atoms with van der Waals surface area (Å²) in [6.45, 7) is 0.779. The van der Waals surface area contributed by atoms with E-state index in [1.807, 2.05) is 12.1 Å². The molecule has 0 saturated carbocycles. The SMILES string of the molecule is O=C([O-])C(F)(F)F.O=C(c1cc(Cc2c[nH]c(=O)c3cc(Cl)c(Cl)n23)ccc1F)N1CCC(n2c(=O)[nH]c3[nH+]cccc32)CC1. The van der Waals surface area contributed by atoms with Gasteiger partial charge < -0.3 is 19.8 Å². The van der Waals surface area contributed by atoms with Crippen LogP contribution in [0.1, 0.15) is 40.5 Å². The van der Waals surface area contributed by atoms with Gasteiger partial charge in [-0.05, 0) is 48.7 Å². The van der Waals surface area contributed by atoms with Crippen molar-refractivity contribution in [2.75, 3.05) is 13.1 Å². The zero-order chi connectivity index (χ0) is 32.6. The number of pyridine rings is 1. The number of piperidine rings is 1. The fraction of sp³-hybridized carbons (Fsp3) is 0.250. The Morgan fingerprint density at radius 3 is 2.42 bits per heavy atom. The number of alkyl halides is 3. The van der Waals surface area contributed by atoms with Crippen LogP contribution < -0.4 is 21.3 Å². The second-order valence-corrected chi connectivity index (χ2v) is 10.9. The topological polar surface area (TPSA) is 150 Å². The van der Waals surface area contributed by atoms with Gasteiger partial charge in [-0.25, -0.2) is 14.2 Å². The molecule has 0 unspecified atom stereocenters. The molecule has 11 nitrogen and oxygen atoms in total. The number of amides is 1. The first-order valence-corrected chi connectivity index (χ1v) is 14.1. The third-order valence-electron chi connectivity index (χ3n) is 7.33. The van der Waals surface area contributed by atoms with Gasteiger partial charge in [0.2, 0.25) is 0 Å². The standard InChI is InChI=1S/C26H21Cl2FN6O3.C2HF3O2/c27-18-12-21-24(36)31-13-16(34(21)22(18)28)10-14-3-4-19(29)17(11-14)25(37)33-8-5-15(6-9-33)35-20-2-1-7-30-23(20)32-26(35)38;3-2(4,5)1(6)7/h1-4,7,11-13,15H,5-6,8-10H2,(H,31,36)(H,30,32,38);(H,6,7). The van der Waals surface area contributed by atoms with E-state index in [0.29, 0.717) is 48.4 Å². The second kappa shape index (κ2) is 12.4. The summed E-state index contributed by atoms with van der Waals surface area (Å²) in [6.07, 6.45) is -0.512. The number of fused-ring (bicyclic) bond motifs is 2. The molecule has 4 aromatic heterocycles. The lowest BCUT2D eigenvalue weighted by Gasteiger charge is -2.32. The number of nitrogens with one attached hydrogen (secondary N) is 3. The Morgan fingerprint density at radius 1 is 1.07 bits per heavy atom. The molecule has 1 saturated heterocycles. The molecule has 5 aromatic rings. The number of carbonyl (C=O) groups excluding carboxylic acids is 2. The van der Waals surface area contributed by atoms with Gasteiger partial charge in [0, 0.05) is 37.4 Å². The molecule has 1 aromatic carbocycles. The average Bonchev–Trinajstić information content (AvgIpc) is 3.50. The Hall–Kier alpha value is -4.63. The lowest BCUT2D eigenvalue weighted by molar-refractivity contribution is -0.347. The van der Waals surface area contributed by atoms with E-state index in [-0.39, 0.29) is 39.5 Å². The number of imidazole rings is 1. The van der Waals surface area contributed by atoms with E-state index in [1.54, 1.807) is 26.1 Å². The first kappa shape index (κ1) is 31.8. The fourth-order valence-corrected chi connectivity index (χ4v) is 5.68. The van der Waals surface area contributed by atoms with E-state index in [2.05, 4.69) is 15.0 Å². The molecule has 17 heteroatoms. The van der Waals surface area contributed by atoms with Gasteiger partial charge >= 0.3 is 17.5 Å². The van der Waals surface area contributed by atoms with Crippen LogP contribution in [0.3, 0.4) is 0 Å². The maximum Gasteiger partial charge on any atom is 0.430 e. The molecule has 1 aliphatic rings. The van der Waals surface area contributed by atoms with Gasteiger partial charge in [-0.3, -0.25) is 18.6 Å². The molecule has 0 aliphatic carbocycles. The van der Waals surface area contributed by atoms with Crippen molar-refractivity contribution in [1.29, 1.82) is 0 Å². The molecule has 45 heavy (non-hydrogen) atoms. The Balaban J connectivity index is 0.000000515. The summed E-state index contributed by atoms with van der Waals surface area (Å²) in [5.74, 6) is -4.03. The Morgan fingerprint density at radius 2 is 1.76 bits per heavy atom. The van der Waals surface area contributed by atoms with Crippen molar-refractivity contribution < 1.29 is 37.2 Å². The molecule has 236 valence electrons. The third kappa shape index (κ3) is 6.44. The van der Waals surface area contributed by atoms with Crippen LogP contribution in [-0.2, 0) is 11.2 Å². The maximum atomic E-state index is 14.8. The highest BCUT2D eigenvalue weighted by molar-refractivity contribution is 6.42. The van der Waals surface area contributed by atoms with E-state index >= 15 is 0 Å². The van der Waals surface area contributed by atoms with Crippen molar-refractivity contribution >= 4 is 51.8 Å². The molecular weight excluding hydrogens is 647 g/mol. The summed E-state index contributed by atoms with van der Waals surface area (Å²) in [5, 5.41) is 9.24. The number of H-pyrrole nitrogens is 3. The summed E-state index contributed by atoms with van der Waals surface area (Å²) in [6, 6.07) is 9.50. The van der Waals surface area contributed by atoms with Crippen molar-refractivity contribution in [1.82, 2.24) is 23.8 Å². The number of hydrogen-bond donors (Lipinski definition) is 2. The van der Waals surface area contributed by atoms with Crippen LogP contribution in [0.5, 0.6) is 0 Å². The van der Waals surface area contributed by atoms with Crippen LogP contribution in [-0.4, -0.2) is 55.0 Å². The summed E-state index contributed by atoms with van der Waals surface area (Å²) in [4.78, 5) is 57.0. The zero-order valence-corrected chi connectivity index (χ0v) is 24.4. The van der Waals surface area contributed by atoms with Crippen molar-refractivity contribution in [3.63, 3.8) is 0 Å². The van der Waals surface area contributed by atoms with E-state index in [0.717, 1.165) is 5.52 Å². The Kier molecular flexibility index (Phi) is 8.76. The number of carbonyl (C=O) groups is 2. The predicted molar refractivity (Wildman–Crippen MR) is 152 cm³/mol. The molecule has 0 radical (unpaired) electrons. The van der Waals surface area contributed by atoms with Crippen LogP contribution >= 0.6 is 23.2 Å². The summed E-state index contributed by atoms with van der Waals surface area (Å²) >= 11 is 12.4. The fourth-order valence-electron chi connectivity index (χ4n) is 5.24. The highest BCUT2D eigenvalue weighted by Crippen LogP contribution is 2.28. The summed E-state index contributed by atoms with van der Waals surface area (Å²) < 4.78 is 49.6. The van der Waals surface area contributed by atoms with E-state index in [9.17, 15) is 31.9 Å². The monoisotopic (exact) mass is 668 g/mol. The molecular formula is C28H22Cl2F4N6O5. The number of aromatic nitrogens is 5. The maximum absolute atomic E-state index is 14.8. The van der Waals surface area contributed by atoms with Gasteiger partial charge in [0.1, 0.15) is 28.0 Å². The van der Waals surface area contributed by atoms with Gasteiger partial charge in [0.05, 0.1) is 16.8 Å². The minimum Gasteiger partial charge on any atom is -0.542 e. The van der Waals surface area contributed by atoms with E-state index in [4.69, 9.17) is 33.1 Å². The number of aliphatic carboxylic acids is 1. The van der Waals surface area contributed by atoms with Crippen molar-refractivity contribution in [2.24, 2.45) is 0 Å². The molecule has 1 amide bonds. The Labute approximate surface area is 259 Å². The average molecular weight is 669 g/mol. The third-order valence-corrected chi connectivity index (χ3v) is 8.08. The molecule has 1 fully saturated rings. The zero-order valence-electron chi connectivity index (χ0n) is 22.9. The first-order valence-electron chi connectivity index (χ1n) is 13.3. The van der Waals surface area contributed by atoms with Gasteiger partial charge in [-0.2, -0.15) is 18.2 Å². The van der Waals surface area contributed by atoms with E-state index < -0.39 is 23.9 Å². The molecule has 0 spiro atoms. The molecule has 0 atom stereocenters. The van der Waals surface area contributed by atoms with Crippen LogP contribution in [0.15, 0.2) is 58.4 Å². The van der Waals surface area contributed by atoms with Crippen LogP contribution in [0.25, 0.3) is 16.7 Å². The highest BCUT2D eigenvalue weighted by Gasteiger charge is 2.30. The number of rotatable bonds is 4. The molecule has 6 rings (SSSR count). The van der Waals surface area contributed by atoms with Crippen LogP contribution in [0, 0.1) is 5.82 Å². The van der Waals surface area contributed by atoms with Gasteiger partial charge in [-0.15, -0.1) is 0 Å². The van der Waals surface area contributed by atoms with Gasteiger partial charge in [-0.1, -0.05) is 29.3 Å². The quantitative estimate of drug-likeness (QED) is 0.283. The minimum absolute atomic E-state index is 0.0304. The van der Waals surface area contributed by atoms with Crippen LogP contribution in [0.4, 0.5) is 17.6 Å². The molecule has 3 N–H and O–H groups in total. The number of likely N-dealkylation sites (tertiary alicyclic amines) is 1. The number of carboxylic acids is 1. The highest BCUT2D eigenvalue weighted by atomic mass is 35.5. The summed E-state index contributed by atoms with van der Waals surface area (Å²) in [5.41, 5.74) is 2.45. The Bertz CT molecular complexity index is 2040. The van der Waals surface area contributed by atoms with Gasteiger partial charge in [0.15, 0.2) is 0 Å². The largest absolute Gasteiger partial charge is 0.542 e. The number of nitrogens with zero attached hydrogens (tertiary/aromatic N) is 3. The number of aromatic amines is 3. The number of carboxylic acid groups (broad SMARTS) is 1. The smallest absolute Gasteiger partial charge is 0.430 e. The summed E-state index contributed by atoms with van der Waals surface area (Å²) in [7, 11) is 0. The van der Waals surface area contributed by atoms with Crippen LogP contribution in [0.2, 0.25) is 10.2 Å². The molecule has 1 aliphatic heterocycles. The second-order valence-electron chi connectivity index (χ2n) is 10.1. The lowest BCUT2D eigenvalue weighted by Crippen LogP contribution is -2.40. The number of benzene rings is 1. The minimum atomic E-state index is -5.19. The first-order chi connectivity index (χ1) is 21.3. The number of hydrogen-bond acceptors (Lipinski definition) is 5. The predicted octanol–water partition coefficient (Wildman–Crippen LogP) is 2.90. The van der Waals surface area contributed by atoms with Crippen molar-refractivity contribution in [3.05, 3.63) is 102 Å². The van der Waals surface area contributed by atoms with Crippen molar-refractivity contribution in [3.8, 4) is 0 Å². The normalized spacial score (nSPS) is 14.0. The van der Waals surface area contributed by atoms with Gasteiger partial charge in [0.25, 0.3) is 11.5 Å². The molecule has 5 heterocycles. The van der Waals surface area contributed by atoms with E-state index in [1.165, 1.54) is 24.4 Å². The number of halogens is 6.